The van der Waals surface area contributed by atoms with Gasteiger partial charge in [0.15, 0.2) is 0 Å². The van der Waals surface area contributed by atoms with Crippen LogP contribution in [0.3, 0.4) is 0 Å². The van der Waals surface area contributed by atoms with Crippen LogP contribution >= 0.6 is 11.3 Å². The molecule has 0 bridgehead atoms. The predicted octanol–water partition coefficient (Wildman–Crippen LogP) is 3.53. The van der Waals surface area contributed by atoms with Crippen LogP contribution in [0.5, 0.6) is 0 Å². The molecule has 2 aromatic rings. The van der Waals surface area contributed by atoms with Crippen molar-refractivity contribution in [2.24, 2.45) is 0 Å². The van der Waals surface area contributed by atoms with Gasteiger partial charge in [-0.15, -0.1) is 11.3 Å². The molecule has 0 aliphatic carbocycles. The highest BCUT2D eigenvalue weighted by molar-refractivity contribution is 7.10. The number of hydrogen-bond donors (Lipinski definition) is 0. The van der Waals surface area contributed by atoms with E-state index < -0.39 is 0 Å². The number of rotatable bonds is 3. The maximum Gasteiger partial charge on any atom is 0.131 e. The first kappa shape index (κ1) is 13.7. The Balaban J connectivity index is 1.75. The fraction of sp³-hybridized carbons (Fsp3) is 0.500. The first-order valence-corrected chi connectivity index (χ1v) is 8.11. The Bertz CT molecular complexity index is 604. The zero-order chi connectivity index (χ0) is 14.1. The van der Waals surface area contributed by atoms with Gasteiger partial charge in [0.2, 0.25) is 0 Å². The highest BCUT2D eigenvalue weighted by atomic mass is 32.1. The van der Waals surface area contributed by atoms with Gasteiger partial charge in [-0.2, -0.15) is 0 Å². The Morgan fingerprint density at radius 3 is 2.95 bits per heavy atom. The molecule has 1 aliphatic rings. The molecule has 0 saturated carbocycles. The number of nitrogens with zero attached hydrogens (tertiary/aromatic N) is 3. The first-order valence-electron chi connectivity index (χ1n) is 7.23. The van der Waals surface area contributed by atoms with Gasteiger partial charge < -0.3 is 0 Å². The molecule has 0 N–H and O–H groups in total. The summed E-state index contributed by atoms with van der Waals surface area (Å²) in [7, 11) is 0. The third-order valence-corrected chi connectivity index (χ3v) is 4.76. The molecule has 3 rings (SSSR count). The zero-order valence-electron chi connectivity index (χ0n) is 12.4. The van der Waals surface area contributed by atoms with Gasteiger partial charge in [-0.25, -0.2) is 9.97 Å². The Morgan fingerprint density at radius 2 is 2.25 bits per heavy atom. The van der Waals surface area contributed by atoms with Crippen molar-refractivity contribution >= 4 is 11.3 Å². The summed E-state index contributed by atoms with van der Waals surface area (Å²) in [4.78, 5) is 13.2. The van der Waals surface area contributed by atoms with Crippen LogP contribution in [0.25, 0.3) is 0 Å². The molecule has 0 amide bonds. The molecule has 3 heterocycles. The summed E-state index contributed by atoms with van der Waals surface area (Å²) in [5, 5.41) is 2.23. The molecule has 0 aromatic carbocycles. The molecule has 0 saturated heterocycles. The first-order chi connectivity index (χ1) is 9.61. The van der Waals surface area contributed by atoms with Gasteiger partial charge in [0.1, 0.15) is 5.82 Å². The second-order valence-corrected chi connectivity index (χ2v) is 6.90. The summed E-state index contributed by atoms with van der Waals surface area (Å²) < 4.78 is 0. The predicted molar refractivity (Wildman–Crippen MR) is 83.0 cm³/mol. The molecule has 0 unspecified atom stereocenters. The molecule has 0 radical (unpaired) electrons. The van der Waals surface area contributed by atoms with Gasteiger partial charge in [0, 0.05) is 36.6 Å². The number of thiophene rings is 1. The third kappa shape index (κ3) is 2.91. The minimum Gasteiger partial charge on any atom is -0.292 e. The van der Waals surface area contributed by atoms with E-state index in [1.165, 1.54) is 21.7 Å². The van der Waals surface area contributed by atoms with Crippen LogP contribution in [0.1, 0.15) is 47.3 Å². The van der Waals surface area contributed by atoms with Crippen LogP contribution in [0.15, 0.2) is 17.6 Å². The lowest BCUT2D eigenvalue weighted by Crippen LogP contribution is -2.31. The van der Waals surface area contributed by atoms with E-state index >= 15 is 0 Å². The molecule has 0 atom stereocenters. The van der Waals surface area contributed by atoms with Crippen LogP contribution in [0, 0.1) is 6.92 Å². The van der Waals surface area contributed by atoms with Crippen LogP contribution < -0.4 is 0 Å². The summed E-state index contributed by atoms with van der Waals surface area (Å²) in [6.45, 7) is 9.56. The Hall–Kier alpha value is -1.26. The van der Waals surface area contributed by atoms with Gasteiger partial charge >= 0.3 is 0 Å². The van der Waals surface area contributed by atoms with E-state index in [-0.39, 0.29) is 0 Å². The van der Waals surface area contributed by atoms with Crippen molar-refractivity contribution in [1.82, 2.24) is 14.9 Å². The second kappa shape index (κ2) is 5.62. The Morgan fingerprint density at radius 1 is 1.40 bits per heavy atom. The zero-order valence-corrected chi connectivity index (χ0v) is 13.2. The lowest BCUT2D eigenvalue weighted by Gasteiger charge is -2.27. The molecule has 3 nitrogen and oxygen atoms in total. The fourth-order valence-corrected chi connectivity index (χ4v) is 3.50. The van der Waals surface area contributed by atoms with Crippen molar-refractivity contribution in [3.05, 3.63) is 45.2 Å². The van der Waals surface area contributed by atoms with Gasteiger partial charge in [0.25, 0.3) is 0 Å². The van der Waals surface area contributed by atoms with Gasteiger partial charge in [-0.05, 0) is 35.9 Å². The lowest BCUT2D eigenvalue weighted by molar-refractivity contribution is 0.242. The van der Waals surface area contributed by atoms with E-state index in [0.29, 0.717) is 5.92 Å². The average molecular weight is 287 g/mol. The van der Waals surface area contributed by atoms with E-state index in [1.807, 2.05) is 17.5 Å². The molecule has 106 valence electrons. The molecule has 20 heavy (non-hydrogen) atoms. The minimum atomic E-state index is 0.399. The van der Waals surface area contributed by atoms with E-state index in [9.17, 15) is 0 Å². The standard InChI is InChI=1S/C16H21N3S/c1-11(2)16-17-7-13-4-5-19(9-15(13)18-16)8-14-6-12(3)10-20-14/h6-7,10-11H,4-5,8-9H2,1-3H3. The average Bonchev–Trinajstić information content (AvgIpc) is 2.83. The van der Waals surface area contributed by atoms with Crippen LogP contribution in [0.4, 0.5) is 0 Å². The van der Waals surface area contributed by atoms with E-state index in [0.717, 1.165) is 31.9 Å². The highest BCUT2D eigenvalue weighted by Crippen LogP contribution is 2.22. The molecule has 1 aliphatic heterocycles. The largest absolute Gasteiger partial charge is 0.292 e. The maximum absolute atomic E-state index is 4.76. The third-order valence-electron chi connectivity index (χ3n) is 3.72. The van der Waals surface area contributed by atoms with Crippen molar-refractivity contribution in [2.45, 2.75) is 46.2 Å². The lowest BCUT2D eigenvalue weighted by atomic mass is 10.1. The van der Waals surface area contributed by atoms with Crippen molar-refractivity contribution in [1.29, 1.82) is 0 Å². The van der Waals surface area contributed by atoms with Gasteiger partial charge in [-0.1, -0.05) is 13.8 Å². The van der Waals surface area contributed by atoms with Crippen molar-refractivity contribution < 1.29 is 0 Å². The fourth-order valence-electron chi connectivity index (χ4n) is 2.58. The number of aromatic nitrogens is 2. The second-order valence-electron chi connectivity index (χ2n) is 5.91. The van der Waals surface area contributed by atoms with Crippen molar-refractivity contribution in [3.8, 4) is 0 Å². The number of aryl methyl sites for hydroxylation is 1. The van der Waals surface area contributed by atoms with E-state index in [2.05, 4.69) is 42.1 Å². The molecule has 0 spiro atoms. The summed E-state index contributed by atoms with van der Waals surface area (Å²) in [5.74, 6) is 1.37. The monoisotopic (exact) mass is 287 g/mol. The van der Waals surface area contributed by atoms with Gasteiger partial charge in [0.05, 0.1) is 5.69 Å². The molecule has 4 heteroatoms. The van der Waals surface area contributed by atoms with Crippen LogP contribution in [-0.4, -0.2) is 21.4 Å². The number of fused-ring (bicyclic) bond motifs is 1. The summed E-state index contributed by atoms with van der Waals surface area (Å²) in [6, 6.07) is 2.29. The maximum atomic E-state index is 4.76. The van der Waals surface area contributed by atoms with Crippen LogP contribution in [0.2, 0.25) is 0 Å². The van der Waals surface area contributed by atoms with Crippen molar-refractivity contribution in [2.75, 3.05) is 6.54 Å². The number of hydrogen-bond acceptors (Lipinski definition) is 4. The SMILES string of the molecule is Cc1csc(CN2CCc3cnc(C(C)C)nc3C2)c1. The normalized spacial score (nSPS) is 15.6. The summed E-state index contributed by atoms with van der Waals surface area (Å²) >= 11 is 1.86. The Labute approximate surface area is 124 Å². The summed E-state index contributed by atoms with van der Waals surface area (Å²) in [6.07, 6.45) is 3.10. The van der Waals surface area contributed by atoms with Crippen LogP contribution in [-0.2, 0) is 19.5 Å². The van der Waals surface area contributed by atoms with E-state index in [1.54, 1.807) is 0 Å². The quantitative estimate of drug-likeness (QED) is 0.865. The minimum absolute atomic E-state index is 0.399. The van der Waals surface area contributed by atoms with Gasteiger partial charge in [-0.3, -0.25) is 4.90 Å². The van der Waals surface area contributed by atoms with Crippen molar-refractivity contribution in [3.63, 3.8) is 0 Å². The smallest absolute Gasteiger partial charge is 0.131 e. The van der Waals surface area contributed by atoms with E-state index in [4.69, 9.17) is 4.98 Å². The molecular weight excluding hydrogens is 266 g/mol. The molecular formula is C16H21N3S. The Kier molecular flexibility index (Phi) is 3.85. The highest BCUT2D eigenvalue weighted by Gasteiger charge is 2.19. The topological polar surface area (TPSA) is 29.0 Å². The molecule has 2 aromatic heterocycles. The summed E-state index contributed by atoms with van der Waals surface area (Å²) in [5.41, 5.74) is 3.92. The molecule has 0 fully saturated rings.